The molecule has 0 bridgehead atoms. The van der Waals surface area contributed by atoms with Crippen LogP contribution in [0.5, 0.6) is 5.75 Å². The van der Waals surface area contributed by atoms with Gasteiger partial charge in [0.1, 0.15) is 5.75 Å². The molecule has 0 aromatic heterocycles. The number of ether oxygens (including phenoxy) is 1. The molecular formula is C12H16O4S. The van der Waals surface area contributed by atoms with Crippen LogP contribution in [0.15, 0.2) is 30.8 Å². The molecule has 0 heterocycles. The largest absolute Gasteiger partial charge is 0.497 e. The van der Waals surface area contributed by atoms with Crippen molar-refractivity contribution in [2.75, 3.05) is 13.7 Å². The van der Waals surface area contributed by atoms with Gasteiger partial charge in [-0.25, -0.2) is 0 Å². The predicted molar refractivity (Wildman–Crippen MR) is 67.2 cm³/mol. The van der Waals surface area contributed by atoms with Gasteiger partial charge in [0.05, 0.1) is 18.6 Å². The summed E-state index contributed by atoms with van der Waals surface area (Å²) < 4.78 is 33.3. The summed E-state index contributed by atoms with van der Waals surface area (Å²) in [5.74, 6) is 0.578. The van der Waals surface area contributed by atoms with Crippen molar-refractivity contribution in [3.8, 4) is 5.75 Å². The van der Waals surface area contributed by atoms with Gasteiger partial charge in [0.2, 0.25) is 0 Å². The SMILES string of the molecule is C=C(c1cccc(OC)c1)S(=O)(=O)OCCC. The van der Waals surface area contributed by atoms with E-state index in [0.717, 1.165) is 0 Å². The molecule has 0 radical (unpaired) electrons. The summed E-state index contributed by atoms with van der Waals surface area (Å²) >= 11 is 0. The summed E-state index contributed by atoms with van der Waals surface area (Å²) in [7, 11) is -2.23. The minimum absolute atomic E-state index is 0.0511. The van der Waals surface area contributed by atoms with Crippen molar-refractivity contribution in [3.05, 3.63) is 36.4 Å². The second kappa shape index (κ2) is 5.84. The van der Waals surface area contributed by atoms with Crippen molar-refractivity contribution in [1.82, 2.24) is 0 Å². The third-order valence-electron chi connectivity index (χ3n) is 2.14. The lowest BCUT2D eigenvalue weighted by Gasteiger charge is -2.08. The second-order valence-electron chi connectivity index (χ2n) is 3.43. The number of hydrogen-bond donors (Lipinski definition) is 0. The van der Waals surface area contributed by atoms with E-state index in [1.54, 1.807) is 24.3 Å². The summed E-state index contributed by atoms with van der Waals surface area (Å²) in [6, 6.07) is 6.69. The monoisotopic (exact) mass is 256 g/mol. The molecule has 0 aliphatic rings. The molecule has 0 atom stereocenters. The molecule has 0 aliphatic carbocycles. The molecule has 0 aliphatic heterocycles. The van der Waals surface area contributed by atoms with E-state index in [9.17, 15) is 8.42 Å². The first-order chi connectivity index (χ1) is 8.01. The van der Waals surface area contributed by atoms with E-state index in [1.165, 1.54) is 7.11 Å². The van der Waals surface area contributed by atoms with E-state index < -0.39 is 10.1 Å². The van der Waals surface area contributed by atoms with E-state index in [-0.39, 0.29) is 11.5 Å². The van der Waals surface area contributed by atoms with Crippen LogP contribution in [0.25, 0.3) is 4.91 Å². The Kier molecular flexibility index (Phi) is 4.72. The molecule has 0 spiro atoms. The molecule has 0 saturated carbocycles. The van der Waals surface area contributed by atoms with Gasteiger partial charge < -0.3 is 4.74 Å². The van der Waals surface area contributed by atoms with Gasteiger partial charge in [-0.05, 0) is 24.1 Å². The minimum atomic E-state index is -3.75. The molecule has 0 N–H and O–H groups in total. The molecule has 1 aromatic carbocycles. The zero-order valence-electron chi connectivity index (χ0n) is 9.97. The maximum atomic E-state index is 11.7. The predicted octanol–water partition coefficient (Wildman–Crippen LogP) is 2.42. The summed E-state index contributed by atoms with van der Waals surface area (Å²) in [5, 5.41) is 0. The first-order valence-electron chi connectivity index (χ1n) is 5.24. The first kappa shape index (κ1) is 13.7. The summed E-state index contributed by atoms with van der Waals surface area (Å²) in [6.07, 6.45) is 0.630. The van der Waals surface area contributed by atoms with Crippen molar-refractivity contribution in [1.29, 1.82) is 0 Å². The Hall–Kier alpha value is -1.33. The zero-order valence-corrected chi connectivity index (χ0v) is 10.8. The highest BCUT2D eigenvalue weighted by Gasteiger charge is 2.18. The fourth-order valence-electron chi connectivity index (χ4n) is 1.21. The summed E-state index contributed by atoms with van der Waals surface area (Å²) in [4.78, 5) is -0.0511. The quantitative estimate of drug-likeness (QED) is 0.733. The Morgan fingerprint density at radius 3 is 2.71 bits per heavy atom. The van der Waals surface area contributed by atoms with Crippen LogP contribution >= 0.6 is 0 Å². The Labute approximate surface area is 102 Å². The second-order valence-corrected chi connectivity index (χ2v) is 5.07. The molecule has 4 nitrogen and oxygen atoms in total. The minimum Gasteiger partial charge on any atom is -0.497 e. The molecule has 1 aromatic rings. The molecule has 0 unspecified atom stereocenters. The van der Waals surface area contributed by atoms with Crippen LogP contribution in [0.3, 0.4) is 0 Å². The van der Waals surface area contributed by atoms with E-state index in [2.05, 4.69) is 6.58 Å². The number of hydrogen-bond acceptors (Lipinski definition) is 4. The summed E-state index contributed by atoms with van der Waals surface area (Å²) in [6.45, 7) is 5.55. The highest BCUT2D eigenvalue weighted by molar-refractivity contribution is 7.96. The van der Waals surface area contributed by atoms with Crippen LogP contribution in [0.2, 0.25) is 0 Å². The molecule has 1 rings (SSSR count). The van der Waals surface area contributed by atoms with Crippen molar-refractivity contribution in [3.63, 3.8) is 0 Å². The fourth-order valence-corrected chi connectivity index (χ4v) is 2.15. The molecule has 0 fully saturated rings. The van der Waals surface area contributed by atoms with E-state index >= 15 is 0 Å². The van der Waals surface area contributed by atoms with E-state index in [0.29, 0.717) is 17.7 Å². The van der Waals surface area contributed by atoms with E-state index in [4.69, 9.17) is 8.92 Å². The Morgan fingerprint density at radius 1 is 1.41 bits per heavy atom. The molecule has 0 saturated heterocycles. The Balaban J connectivity index is 2.95. The average molecular weight is 256 g/mol. The summed E-state index contributed by atoms with van der Waals surface area (Å²) in [5.41, 5.74) is 0.473. The van der Waals surface area contributed by atoms with Crippen LogP contribution in [-0.4, -0.2) is 22.1 Å². The lowest BCUT2D eigenvalue weighted by molar-refractivity contribution is 0.325. The van der Waals surface area contributed by atoms with Crippen LogP contribution in [0.4, 0.5) is 0 Å². The highest BCUT2D eigenvalue weighted by atomic mass is 32.2. The van der Waals surface area contributed by atoms with Gasteiger partial charge >= 0.3 is 0 Å². The molecule has 0 amide bonds. The van der Waals surface area contributed by atoms with Crippen LogP contribution in [-0.2, 0) is 14.3 Å². The van der Waals surface area contributed by atoms with Crippen LogP contribution < -0.4 is 4.74 Å². The van der Waals surface area contributed by atoms with Gasteiger partial charge in [-0.15, -0.1) is 0 Å². The molecule has 17 heavy (non-hydrogen) atoms. The van der Waals surface area contributed by atoms with Crippen molar-refractivity contribution in [2.24, 2.45) is 0 Å². The van der Waals surface area contributed by atoms with Crippen LogP contribution in [0, 0.1) is 0 Å². The van der Waals surface area contributed by atoms with Crippen LogP contribution in [0.1, 0.15) is 18.9 Å². The van der Waals surface area contributed by atoms with E-state index in [1.807, 2.05) is 6.92 Å². The maximum Gasteiger partial charge on any atom is 0.296 e. The average Bonchev–Trinajstić information content (AvgIpc) is 2.35. The Bertz CT molecular complexity index is 491. The molecule has 5 heteroatoms. The number of benzene rings is 1. The lowest BCUT2D eigenvalue weighted by atomic mass is 10.2. The number of rotatable bonds is 6. The zero-order chi connectivity index (χ0) is 12.9. The molecule has 94 valence electrons. The smallest absolute Gasteiger partial charge is 0.296 e. The van der Waals surface area contributed by atoms with Gasteiger partial charge in [0.15, 0.2) is 0 Å². The number of methoxy groups -OCH3 is 1. The third-order valence-corrected chi connectivity index (χ3v) is 3.45. The van der Waals surface area contributed by atoms with Crippen molar-refractivity contribution in [2.45, 2.75) is 13.3 Å². The van der Waals surface area contributed by atoms with Crippen molar-refractivity contribution < 1.29 is 17.3 Å². The van der Waals surface area contributed by atoms with Gasteiger partial charge in [0, 0.05) is 0 Å². The molecular weight excluding hydrogens is 240 g/mol. The van der Waals surface area contributed by atoms with Gasteiger partial charge in [-0.2, -0.15) is 8.42 Å². The standard InChI is InChI=1S/C12H16O4S/c1-4-8-16-17(13,14)10(2)11-6-5-7-12(9-11)15-3/h5-7,9H,2,4,8H2,1,3H3. The lowest BCUT2D eigenvalue weighted by Crippen LogP contribution is -2.08. The first-order valence-corrected chi connectivity index (χ1v) is 6.65. The maximum absolute atomic E-state index is 11.7. The third kappa shape index (κ3) is 3.57. The van der Waals surface area contributed by atoms with Crippen molar-refractivity contribution >= 4 is 15.0 Å². The normalized spacial score (nSPS) is 11.2. The Morgan fingerprint density at radius 2 is 2.12 bits per heavy atom. The van der Waals surface area contributed by atoms with Gasteiger partial charge in [0.25, 0.3) is 10.1 Å². The fraction of sp³-hybridized carbons (Fsp3) is 0.333. The van der Waals surface area contributed by atoms with Gasteiger partial charge in [-0.1, -0.05) is 25.6 Å². The van der Waals surface area contributed by atoms with Gasteiger partial charge in [-0.3, -0.25) is 4.18 Å². The highest BCUT2D eigenvalue weighted by Crippen LogP contribution is 2.24. The topological polar surface area (TPSA) is 52.6 Å².